The monoisotopic (exact) mass is 526 g/mol. The van der Waals surface area contributed by atoms with Crippen molar-refractivity contribution in [3.63, 3.8) is 0 Å². The van der Waals surface area contributed by atoms with Gasteiger partial charge in [-0.1, -0.05) is 18.2 Å². The van der Waals surface area contributed by atoms with Crippen LogP contribution in [-0.4, -0.2) is 36.7 Å². The molecule has 0 aliphatic carbocycles. The van der Waals surface area contributed by atoms with E-state index in [0.29, 0.717) is 31.5 Å². The van der Waals surface area contributed by atoms with Crippen LogP contribution in [0.5, 0.6) is 11.5 Å². The van der Waals surface area contributed by atoms with Crippen LogP contribution >= 0.6 is 35.3 Å². The number of thiophene rings is 1. The van der Waals surface area contributed by atoms with Crippen molar-refractivity contribution < 1.29 is 13.9 Å². The lowest BCUT2D eigenvalue weighted by Crippen LogP contribution is -2.45. The first kappa shape index (κ1) is 21.4. The van der Waals surface area contributed by atoms with Crippen molar-refractivity contribution in [3.8, 4) is 22.3 Å². The molecule has 1 aromatic carbocycles. The summed E-state index contributed by atoms with van der Waals surface area (Å²) in [5, 5.41) is 8.54. The predicted octanol–water partition coefficient (Wildman–Crippen LogP) is 3.92. The van der Waals surface area contributed by atoms with Crippen LogP contribution in [0.3, 0.4) is 0 Å². The Morgan fingerprint density at radius 2 is 2.07 bits per heavy atom. The SMILES string of the molecule is CCNC(=NCc1coc(-c2cccs2)n1)NCC1COc2ccccc2O1.I. The summed E-state index contributed by atoms with van der Waals surface area (Å²) < 4.78 is 17.3. The zero-order chi connectivity index (χ0) is 19.2. The largest absolute Gasteiger partial charge is 0.486 e. The molecule has 1 aliphatic heterocycles. The fourth-order valence-corrected chi connectivity index (χ4v) is 3.42. The number of benzene rings is 1. The van der Waals surface area contributed by atoms with E-state index in [-0.39, 0.29) is 30.1 Å². The second-order valence-electron chi connectivity index (χ2n) is 6.19. The average Bonchev–Trinajstić information content (AvgIpc) is 3.41. The Labute approximate surface area is 190 Å². The van der Waals surface area contributed by atoms with Gasteiger partial charge in [-0.15, -0.1) is 35.3 Å². The number of aliphatic imine (C=N–C) groups is 1. The number of hydrogen-bond acceptors (Lipinski definition) is 6. The van der Waals surface area contributed by atoms with Gasteiger partial charge in [0.15, 0.2) is 17.5 Å². The third-order valence-corrected chi connectivity index (χ3v) is 4.95. The van der Waals surface area contributed by atoms with Gasteiger partial charge in [-0.3, -0.25) is 0 Å². The quantitative estimate of drug-likeness (QED) is 0.288. The van der Waals surface area contributed by atoms with Crippen molar-refractivity contribution in [1.82, 2.24) is 15.6 Å². The lowest BCUT2D eigenvalue weighted by atomic mass is 10.2. The van der Waals surface area contributed by atoms with E-state index < -0.39 is 0 Å². The Kier molecular flexibility index (Phi) is 7.76. The molecule has 3 aromatic rings. The first-order valence-corrected chi connectivity index (χ1v) is 10.1. The highest BCUT2D eigenvalue weighted by Gasteiger charge is 2.20. The molecule has 154 valence electrons. The number of nitrogens with zero attached hydrogens (tertiary/aromatic N) is 2. The van der Waals surface area contributed by atoms with E-state index in [1.54, 1.807) is 17.6 Å². The molecule has 1 aliphatic rings. The van der Waals surface area contributed by atoms with Crippen LogP contribution in [0.4, 0.5) is 0 Å². The van der Waals surface area contributed by atoms with Gasteiger partial charge < -0.3 is 24.5 Å². The lowest BCUT2D eigenvalue weighted by Gasteiger charge is -2.27. The van der Waals surface area contributed by atoms with E-state index >= 15 is 0 Å². The number of fused-ring (bicyclic) bond motifs is 1. The van der Waals surface area contributed by atoms with Crippen LogP contribution in [0.2, 0.25) is 0 Å². The smallest absolute Gasteiger partial charge is 0.236 e. The van der Waals surface area contributed by atoms with Crippen molar-refractivity contribution in [2.75, 3.05) is 19.7 Å². The Morgan fingerprint density at radius 3 is 2.86 bits per heavy atom. The molecule has 3 heterocycles. The van der Waals surface area contributed by atoms with Crippen LogP contribution < -0.4 is 20.1 Å². The van der Waals surface area contributed by atoms with E-state index in [2.05, 4.69) is 20.6 Å². The van der Waals surface area contributed by atoms with Gasteiger partial charge in [-0.2, -0.15) is 0 Å². The second kappa shape index (κ2) is 10.5. The fourth-order valence-electron chi connectivity index (χ4n) is 2.77. The summed E-state index contributed by atoms with van der Waals surface area (Å²) in [5.41, 5.74) is 0.784. The molecule has 0 radical (unpaired) electrons. The molecule has 1 atom stereocenters. The summed E-state index contributed by atoms with van der Waals surface area (Å²) in [7, 11) is 0. The molecule has 0 fully saturated rings. The number of rotatable bonds is 6. The van der Waals surface area contributed by atoms with Crippen LogP contribution in [0.1, 0.15) is 12.6 Å². The summed E-state index contributed by atoms with van der Waals surface area (Å²) >= 11 is 1.60. The predicted molar refractivity (Wildman–Crippen MR) is 124 cm³/mol. The van der Waals surface area contributed by atoms with Gasteiger partial charge in [0.2, 0.25) is 5.89 Å². The number of aromatic nitrogens is 1. The number of hydrogen-bond donors (Lipinski definition) is 2. The first-order chi connectivity index (χ1) is 13.8. The maximum Gasteiger partial charge on any atom is 0.236 e. The summed E-state index contributed by atoms with van der Waals surface area (Å²) in [4.78, 5) is 10.1. The number of halogens is 1. The molecule has 9 heteroatoms. The van der Waals surface area contributed by atoms with Gasteiger partial charge in [0.25, 0.3) is 0 Å². The van der Waals surface area contributed by atoms with Crippen molar-refractivity contribution in [3.05, 3.63) is 53.7 Å². The van der Waals surface area contributed by atoms with Gasteiger partial charge in [0, 0.05) is 6.54 Å². The first-order valence-electron chi connectivity index (χ1n) is 9.20. The van der Waals surface area contributed by atoms with E-state index in [1.807, 2.05) is 48.7 Å². The zero-order valence-electron chi connectivity index (χ0n) is 16.0. The minimum absolute atomic E-state index is 0. The van der Waals surface area contributed by atoms with E-state index in [4.69, 9.17) is 13.9 Å². The Balaban J connectivity index is 0.00000240. The zero-order valence-corrected chi connectivity index (χ0v) is 19.1. The third-order valence-electron chi connectivity index (χ3n) is 4.09. The van der Waals surface area contributed by atoms with Gasteiger partial charge in [-0.05, 0) is 30.5 Å². The third kappa shape index (κ3) is 5.63. The van der Waals surface area contributed by atoms with E-state index in [0.717, 1.165) is 28.6 Å². The molecule has 4 rings (SSSR count). The highest BCUT2D eigenvalue weighted by Crippen LogP contribution is 2.30. The van der Waals surface area contributed by atoms with Gasteiger partial charge in [0.1, 0.15) is 24.7 Å². The van der Waals surface area contributed by atoms with Crippen LogP contribution in [0.15, 0.2) is 57.5 Å². The van der Waals surface area contributed by atoms with Crippen molar-refractivity contribution in [2.24, 2.45) is 4.99 Å². The van der Waals surface area contributed by atoms with Crippen LogP contribution in [-0.2, 0) is 6.54 Å². The minimum atomic E-state index is -0.0868. The molecule has 0 saturated heterocycles. The fraction of sp³-hybridized carbons (Fsp3) is 0.300. The number of ether oxygens (including phenoxy) is 2. The molecular formula is C20H23IN4O3S. The topological polar surface area (TPSA) is 80.9 Å². The maximum atomic E-state index is 5.97. The number of oxazole rings is 1. The van der Waals surface area contributed by atoms with E-state index in [9.17, 15) is 0 Å². The number of guanidine groups is 1. The van der Waals surface area contributed by atoms with Gasteiger partial charge in [-0.25, -0.2) is 9.98 Å². The molecule has 0 spiro atoms. The minimum Gasteiger partial charge on any atom is -0.486 e. The number of nitrogens with one attached hydrogen (secondary N) is 2. The standard InChI is InChI=1S/C20H22N4O3S.HI/c1-2-21-20(22-10-14-12-26-19(24-14)18-8-5-9-28-18)23-11-15-13-25-16-6-3-4-7-17(16)27-15;/h3-9,12,15H,2,10-11,13H2,1H3,(H2,21,22,23);1H. The maximum absolute atomic E-state index is 5.97. The Morgan fingerprint density at radius 1 is 1.21 bits per heavy atom. The Bertz CT molecular complexity index is 929. The molecular weight excluding hydrogens is 503 g/mol. The second-order valence-corrected chi connectivity index (χ2v) is 7.14. The van der Waals surface area contributed by atoms with Crippen LogP contribution in [0.25, 0.3) is 10.8 Å². The highest BCUT2D eigenvalue weighted by molar-refractivity contribution is 14.0. The molecule has 1 unspecified atom stereocenters. The van der Waals surface area contributed by atoms with E-state index in [1.165, 1.54) is 0 Å². The normalized spacial score (nSPS) is 15.5. The molecule has 29 heavy (non-hydrogen) atoms. The molecule has 0 amide bonds. The molecule has 2 aromatic heterocycles. The molecule has 0 bridgehead atoms. The van der Waals surface area contributed by atoms with Crippen molar-refractivity contribution in [2.45, 2.75) is 19.6 Å². The Hall–Kier alpha value is -2.27. The number of para-hydroxylation sites is 2. The van der Waals surface area contributed by atoms with Crippen LogP contribution in [0, 0.1) is 0 Å². The lowest BCUT2D eigenvalue weighted by molar-refractivity contribution is 0.0936. The molecule has 0 saturated carbocycles. The molecule has 2 N–H and O–H groups in total. The van der Waals surface area contributed by atoms with Crippen molar-refractivity contribution >= 4 is 41.3 Å². The highest BCUT2D eigenvalue weighted by atomic mass is 127. The summed E-state index contributed by atoms with van der Waals surface area (Å²) in [6.45, 7) is 4.29. The van der Waals surface area contributed by atoms with Gasteiger partial charge in [0.05, 0.1) is 18.0 Å². The molecule has 7 nitrogen and oxygen atoms in total. The average molecular weight is 526 g/mol. The summed E-state index contributed by atoms with van der Waals surface area (Å²) in [6, 6.07) is 11.7. The van der Waals surface area contributed by atoms with Crippen molar-refractivity contribution in [1.29, 1.82) is 0 Å². The summed E-state index contributed by atoms with van der Waals surface area (Å²) in [5.74, 6) is 2.88. The van der Waals surface area contributed by atoms with Gasteiger partial charge >= 0.3 is 0 Å². The summed E-state index contributed by atoms with van der Waals surface area (Å²) in [6.07, 6.45) is 1.56.